The number of ether oxygens (including phenoxy) is 3. The highest BCUT2D eigenvalue weighted by Crippen LogP contribution is 2.43. The Morgan fingerprint density at radius 3 is 2.16 bits per heavy atom. The third-order valence-corrected chi connectivity index (χ3v) is 5.51. The summed E-state index contributed by atoms with van der Waals surface area (Å²) in [6.45, 7) is 1.28. The molecule has 3 N–H and O–H groups in total. The van der Waals surface area contributed by atoms with E-state index in [0.717, 1.165) is 22.4 Å². The number of nitrogens with zero attached hydrogens (tertiary/aromatic N) is 1. The van der Waals surface area contributed by atoms with Gasteiger partial charge >= 0.3 is 0 Å². The number of rotatable bonds is 8. The predicted octanol–water partition coefficient (Wildman–Crippen LogP) is 3.43. The van der Waals surface area contributed by atoms with Crippen molar-refractivity contribution in [1.82, 2.24) is 0 Å². The Hall–Kier alpha value is -3.78. The normalized spacial score (nSPS) is 12.8. The van der Waals surface area contributed by atoms with Gasteiger partial charge in [0.05, 0.1) is 27.0 Å². The summed E-state index contributed by atoms with van der Waals surface area (Å²) in [5.41, 5.74) is 7.69. The van der Waals surface area contributed by atoms with E-state index in [1.165, 1.54) is 21.3 Å². The quantitative estimate of drug-likeness (QED) is 0.413. The molecule has 0 bridgehead atoms. The lowest BCUT2D eigenvalue weighted by molar-refractivity contribution is 0.0893. The molecule has 0 aliphatic carbocycles. The summed E-state index contributed by atoms with van der Waals surface area (Å²) in [4.78, 5) is 28.1. The average molecular weight is 435 g/mol. The number of anilines is 2. The second-order valence-electron chi connectivity index (χ2n) is 7.29. The topological polar surface area (TPSA) is 103 Å². The van der Waals surface area contributed by atoms with E-state index in [2.05, 4.69) is 5.32 Å². The van der Waals surface area contributed by atoms with Gasteiger partial charge in [-0.3, -0.25) is 9.59 Å². The number of nitrogens with one attached hydrogen (secondary N) is 1. The van der Waals surface area contributed by atoms with Crippen molar-refractivity contribution in [2.45, 2.75) is 6.42 Å². The predicted molar refractivity (Wildman–Crippen MR) is 123 cm³/mol. The highest BCUT2D eigenvalue weighted by atomic mass is 16.5. The minimum atomic E-state index is -0.415. The number of benzene rings is 3. The van der Waals surface area contributed by atoms with E-state index in [1.807, 2.05) is 18.2 Å². The van der Waals surface area contributed by atoms with Gasteiger partial charge in [-0.1, -0.05) is 12.1 Å². The first-order chi connectivity index (χ1) is 15.5. The molecule has 3 aromatic carbocycles. The van der Waals surface area contributed by atoms with Crippen molar-refractivity contribution in [3.05, 3.63) is 53.6 Å². The summed E-state index contributed by atoms with van der Waals surface area (Å²) >= 11 is 0. The van der Waals surface area contributed by atoms with Crippen molar-refractivity contribution in [2.24, 2.45) is 5.73 Å². The number of carbonyl (C=O) groups is 2. The van der Waals surface area contributed by atoms with E-state index in [1.54, 1.807) is 24.3 Å². The summed E-state index contributed by atoms with van der Waals surface area (Å²) in [5, 5.41) is 4.81. The smallest absolute Gasteiger partial charge is 0.265 e. The molecule has 0 spiro atoms. The lowest BCUT2D eigenvalue weighted by Gasteiger charge is -2.28. The fourth-order valence-electron chi connectivity index (χ4n) is 4.01. The van der Waals surface area contributed by atoms with Crippen LogP contribution in [0.3, 0.4) is 0 Å². The minimum Gasteiger partial charge on any atom is -0.493 e. The van der Waals surface area contributed by atoms with Gasteiger partial charge in [0.15, 0.2) is 11.5 Å². The Morgan fingerprint density at radius 2 is 1.56 bits per heavy atom. The molecule has 1 aliphatic rings. The van der Waals surface area contributed by atoms with Crippen molar-refractivity contribution in [3.8, 4) is 17.2 Å². The first-order valence-electron chi connectivity index (χ1n) is 10.2. The van der Waals surface area contributed by atoms with Crippen LogP contribution >= 0.6 is 0 Å². The number of imide groups is 1. The van der Waals surface area contributed by atoms with E-state index in [-0.39, 0.29) is 0 Å². The summed E-state index contributed by atoms with van der Waals surface area (Å²) in [6, 6.07) is 12.2. The van der Waals surface area contributed by atoms with Gasteiger partial charge in [0.2, 0.25) is 5.75 Å². The van der Waals surface area contributed by atoms with Crippen molar-refractivity contribution < 1.29 is 23.8 Å². The maximum absolute atomic E-state index is 13.5. The second-order valence-corrected chi connectivity index (χ2v) is 7.29. The van der Waals surface area contributed by atoms with Gasteiger partial charge in [-0.15, -0.1) is 0 Å². The molecule has 1 aliphatic heterocycles. The molecule has 0 aromatic heterocycles. The molecule has 166 valence electrons. The summed E-state index contributed by atoms with van der Waals surface area (Å²) in [5.74, 6) is 0.256. The molecule has 32 heavy (non-hydrogen) atoms. The van der Waals surface area contributed by atoms with Crippen LogP contribution in [0, 0.1) is 0 Å². The monoisotopic (exact) mass is 435 g/mol. The number of hydrogen-bond donors (Lipinski definition) is 2. The summed E-state index contributed by atoms with van der Waals surface area (Å²) < 4.78 is 16.2. The van der Waals surface area contributed by atoms with Crippen molar-refractivity contribution in [1.29, 1.82) is 0 Å². The second kappa shape index (κ2) is 8.76. The van der Waals surface area contributed by atoms with Gasteiger partial charge in [0, 0.05) is 46.3 Å². The van der Waals surface area contributed by atoms with E-state index in [0.29, 0.717) is 52.5 Å². The number of carbonyl (C=O) groups excluding carboxylic acids is 2. The SMILES string of the molecule is COc1cc(N2C(=O)c3cccc4c(NCCCN)ccc(c34)C2=O)cc(OC)c1OC. The molecule has 4 rings (SSSR count). The number of nitrogens with two attached hydrogens (primary N) is 1. The van der Waals surface area contributed by atoms with Crippen molar-refractivity contribution in [2.75, 3.05) is 44.6 Å². The maximum atomic E-state index is 13.5. The number of amides is 2. The van der Waals surface area contributed by atoms with Crippen LogP contribution in [0.25, 0.3) is 10.8 Å². The van der Waals surface area contributed by atoms with Crippen LogP contribution in [0.5, 0.6) is 17.2 Å². The molecule has 0 saturated carbocycles. The molecule has 1 heterocycles. The van der Waals surface area contributed by atoms with Gasteiger partial charge in [-0.25, -0.2) is 4.90 Å². The van der Waals surface area contributed by atoms with Crippen molar-refractivity contribution >= 4 is 34.0 Å². The van der Waals surface area contributed by atoms with Crippen molar-refractivity contribution in [3.63, 3.8) is 0 Å². The Morgan fingerprint density at radius 1 is 0.906 bits per heavy atom. The zero-order chi connectivity index (χ0) is 22.8. The molecule has 0 radical (unpaired) electrons. The molecule has 3 aromatic rings. The fourth-order valence-corrected chi connectivity index (χ4v) is 4.01. The van der Waals surface area contributed by atoms with Crippen LogP contribution in [0.15, 0.2) is 42.5 Å². The molecule has 0 unspecified atom stereocenters. The standard InChI is InChI=1S/C24H25N3O5/c1-30-19-12-14(13-20(31-2)22(19)32-3)27-23(28)16-7-4-6-15-18(26-11-5-10-25)9-8-17(21(15)16)24(27)29/h4,6-9,12-13,26H,5,10-11,25H2,1-3H3. The van der Waals surface area contributed by atoms with Crippen LogP contribution in [0.1, 0.15) is 27.1 Å². The third-order valence-electron chi connectivity index (χ3n) is 5.51. The Bertz CT molecular complexity index is 1160. The lowest BCUT2D eigenvalue weighted by atomic mass is 9.92. The van der Waals surface area contributed by atoms with Crippen LogP contribution < -0.4 is 30.2 Å². The molecule has 2 amide bonds. The van der Waals surface area contributed by atoms with Crippen LogP contribution in [0.4, 0.5) is 11.4 Å². The molecule has 8 heteroatoms. The van der Waals surface area contributed by atoms with Crippen LogP contribution in [-0.4, -0.2) is 46.2 Å². The minimum absolute atomic E-state index is 0.335. The number of methoxy groups -OCH3 is 3. The zero-order valence-electron chi connectivity index (χ0n) is 18.2. The molecule has 0 fully saturated rings. The Balaban J connectivity index is 1.84. The van der Waals surface area contributed by atoms with E-state index < -0.39 is 11.8 Å². The maximum Gasteiger partial charge on any atom is 0.265 e. The Labute approximate surface area is 185 Å². The van der Waals surface area contributed by atoms with Gasteiger partial charge in [0.1, 0.15) is 0 Å². The highest BCUT2D eigenvalue weighted by molar-refractivity contribution is 6.36. The molecular weight excluding hydrogens is 410 g/mol. The molecule has 0 atom stereocenters. The first-order valence-corrected chi connectivity index (χ1v) is 10.2. The zero-order valence-corrected chi connectivity index (χ0v) is 18.2. The van der Waals surface area contributed by atoms with Gasteiger partial charge in [-0.05, 0) is 31.2 Å². The van der Waals surface area contributed by atoms with Gasteiger partial charge in [0.25, 0.3) is 11.8 Å². The fraction of sp³-hybridized carbons (Fsp3) is 0.250. The first kappa shape index (κ1) is 21.5. The molecule has 0 saturated heterocycles. The largest absolute Gasteiger partial charge is 0.493 e. The third kappa shape index (κ3) is 3.38. The van der Waals surface area contributed by atoms with Crippen LogP contribution in [-0.2, 0) is 0 Å². The van der Waals surface area contributed by atoms with Crippen LogP contribution in [0.2, 0.25) is 0 Å². The average Bonchev–Trinajstić information content (AvgIpc) is 2.82. The van der Waals surface area contributed by atoms with E-state index in [4.69, 9.17) is 19.9 Å². The summed E-state index contributed by atoms with van der Waals surface area (Å²) in [6.07, 6.45) is 0.815. The van der Waals surface area contributed by atoms with Gasteiger partial charge in [-0.2, -0.15) is 0 Å². The summed E-state index contributed by atoms with van der Waals surface area (Å²) in [7, 11) is 4.46. The lowest BCUT2D eigenvalue weighted by Crippen LogP contribution is -2.40. The Kier molecular flexibility index (Phi) is 5.87. The highest BCUT2D eigenvalue weighted by Gasteiger charge is 2.35. The van der Waals surface area contributed by atoms with Gasteiger partial charge < -0.3 is 25.3 Å². The number of hydrogen-bond acceptors (Lipinski definition) is 7. The van der Waals surface area contributed by atoms with E-state index >= 15 is 0 Å². The molecular formula is C24H25N3O5. The molecule has 8 nitrogen and oxygen atoms in total. The van der Waals surface area contributed by atoms with E-state index in [9.17, 15) is 9.59 Å².